The molecule has 0 radical (unpaired) electrons. The maximum absolute atomic E-state index is 12.4. The normalized spacial score (nSPS) is 15.2. The van der Waals surface area contributed by atoms with Crippen LogP contribution in [0.4, 0.5) is 5.69 Å². The van der Waals surface area contributed by atoms with Crippen molar-refractivity contribution in [3.05, 3.63) is 34.2 Å². The number of anilines is 1. The lowest BCUT2D eigenvalue weighted by molar-refractivity contribution is -0.139. The Kier molecular flexibility index (Phi) is 8.80. The van der Waals surface area contributed by atoms with E-state index in [1.807, 2.05) is 19.1 Å². The van der Waals surface area contributed by atoms with Crippen molar-refractivity contribution in [1.29, 1.82) is 0 Å². The van der Waals surface area contributed by atoms with E-state index in [0.29, 0.717) is 42.8 Å². The fraction of sp³-hybridized carbons (Fsp3) is 0.455. The quantitative estimate of drug-likeness (QED) is 0.393. The van der Waals surface area contributed by atoms with Crippen LogP contribution in [-0.2, 0) is 14.8 Å². The number of unbranched alkanes of at least 4 members (excludes halogenated alkanes) is 1. The van der Waals surface area contributed by atoms with Crippen LogP contribution in [0.15, 0.2) is 24.3 Å². The third-order valence-corrected chi connectivity index (χ3v) is 9.08. The van der Waals surface area contributed by atoms with E-state index in [1.54, 1.807) is 16.4 Å². The molecule has 0 aliphatic carbocycles. The highest BCUT2D eigenvalue weighted by atomic mass is 35.5. The molecule has 1 saturated heterocycles. The van der Waals surface area contributed by atoms with Gasteiger partial charge in [0.05, 0.1) is 10.6 Å². The topological polar surface area (TPSA) is 133 Å². The summed E-state index contributed by atoms with van der Waals surface area (Å²) in [6, 6.07) is 7.37. The van der Waals surface area contributed by atoms with Gasteiger partial charge < -0.3 is 20.3 Å². The van der Waals surface area contributed by atoms with E-state index in [1.165, 1.54) is 0 Å². The first kappa shape index (κ1) is 26.3. The lowest BCUT2D eigenvalue weighted by atomic mass is 10.1. The Bertz CT molecular complexity index is 1140. The Morgan fingerprint density at radius 3 is 2.59 bits per heavy atom. The Morgan fingerprint density at radius 1 is 1.26 bits per heavy atom. The number of thiophene rings is 1. The predicted molar refractivity (Wildman–Crippen MR) is 132 cm³/mol. The summed E-state index contributed by atoms with van der Waals surface area (Å²) < 4.78 is 31.5. The number of ether oxygens (including phenoxy) is 1. The fourth-order valence-electron chi connectivity index (χ4n) is 3.71. The standard InChI is InChI=1S/C22H27ClN2O7S2/c1-2-3-11-34(30,31)25-9-7-15(8-10-25)24-16-6-4-5-14(12-16)20-18(23)19(32-13-17(26)27)21(33-20)22(28)29/h4-6,12,15,24H,2-3,7-11,13H2,1H3,(H,26,27)(H,28,29). The van der Waals surface area contributed by atoms with Crippen LogP contribution >= 0.6 is 22.9 Å². The van der Waals surface area contributed by atoms with Gasteiger partial charge in [0.15, 0.2) is 17.2 Å². The lowest BCUT2D eigenvalue weighted by Crippen LogP contribution is -2.43. The van der Waals surface area contributed by atoms with Crippen LogP contribution in [0.2, 0.25) is 5.02 Å². The number of benzene rings is 1. The van der Waals surface area contributed by atoms with Crippen molar-refractivity contribution in [2.24, 2.45) is 0 Å². The average molecular weight is 531 g/mol. The summed E-state index contributed by atoms with van der Waals surface area (Å²) in [5, 5.41) is 21.8. The van der Waals surface area contributed by atoms with E-state index in [0.717, 1.165) is 23.4 Å². The highest BCUT2D eigenvalue weighted by molar-refractivity contribution is 7.89. The Balaban J connectivity index is 1.72. The van der Waals surface area contributed by atoms with E-state index < -0.39 is 28.6 Å². The van der Waals surface area contributed by atoms with Crippen molar-refractivity contribution in [2.45, 2.75) is 38.6 Å². The van der Waals surface area contributed by atoms with Gasteiger partial charge in [-0.2, -0.15) is 0 Å². The Hall–Kier alpha value is -2.34. The van der Waals surface area contributed by atoms with E-state index in [9.17, 15) is 23.1 Å². The molecule has 2 aromatic rings. The number of carboxylic acids is 2. The van der Waals surface area contributed by atoms with E-state index in [-0.39, 0.29) is 27.4 Å². The first-order chi connectivity index (χ1) is 16.1. The zero-order chi connectivity index (χ0) is 24.9. The van der Waals surface area contributed by atoms with E-state index >= 15 is 0 Å². The zero-order valence-corrected chi connectivity index (χ0v) is 21.0. The second-order valence-corrected chi connectivity index (χ2v) is 11.4. The minimum atomic E-state index is -3.21. The molecule has 0 amide bonds. The summed E-state index contributed by atoms with van der Waals surface area (Å²) in [7, 11) is -3.21. The number of aliphatic carboxylic acids is 1. The van der Waals surface area contributed by atoms with Crippen molar-refractivity contribution in [2.75, 3.05) is 30.8 Å². The molecule has 1 aliphatic heterocycles. The van der Waals surface area contributed by atoms with Crippen molar-refractivity contribution in [1.82, 2.24) is 4.31 Å². The van der Waals surface area contributed by atoms with Gasteiger partial charge in [-0.1, -0.05) is 37.1 Å². The van der Waals surface area contributed by atoms with Gasteiger partial charge in [0.25, 0.3) is 0 Å². The smallest absolute Gasteiger partial charge is 0.349 e. The maximum atomic E-state index is 12.4. The van der Waals surface area contributed by atoms with Gasteiger partial charge in [0.1, 0.15) is 5.02 Å². The number of carboxylic acid groups (broad SMARTS) is 2. The van der Waals surface area contributed by atoms with Crippen LogP contribution in [0.5, 0.6) is 5.75 Å². The summed E-state index contributed by atoms with van der Waals surface area (Å²) in [6.07, 6.45) is 2.84. The van der Waals surface area contributed by atoms with Gasteiger partial charge in [-0.3, -0.25) is 0 Å². The van der Waals surface area contributed by atoms with Crippen LogP contribution in [0, 0.1) is 0 Å². The number of nitrogens with one attached hydrogen (secondary N) is 1. The summed E-state index contributed by atoms with van der Waals surface area (Å²) in [4.78, 5) is 22.7. The number of hydrogen-bond acceptors (Lipinski definition) is 7. The SMILES string of the molecule is CCCCS(=O)(=O)N1CCC(Nc2cccc(-c3sc(C(=O)O)c(OCC(=O)O)c3Cl)c2)CC1. The molecule has 2 heterocycles. The molecule has 1 fully saturated rings. The van der Waals surface area contributed by atoms with Crippen LogP contribution in [0.3, 0.4) is 0 Å². The number of hydrogen-bond donors (Lipinski definition) is 3. The highest BCUT2D eigenvalue weighted by Crippen LogP contribution is 2.46. The number of piperidine rings is 1. The van der Waals surface area contributed by atoms with Crippen LogP contribution in [0.1, 0.15) is 42.3 Å². The minimum absolute atomic E-state index is 0.0476. The third-order valence-electron chi connectivity index (χ3n) is 5.44. The van der Waals surface area contributed by atoms with Crippen molar-refractivity contribution in [3.8, 4) is 16.2 Å². The second kappa shape index (κ2) is 11.4. The minimum Gasteiger partial charge on any atom is -0.479 e. The summed E-state index contributed by atoms with van der Waals surface area (Å²) >= 11 is 7.29. The average Bonchev–Trinajstić information content (AvgIpc) is 3.13. The van der Waals surface area contributed by atoms with Crippen molar-refractivity contribution in [3.63, 3.8) is 0 Å². The molecule has 0 spiro atoms. The number of rotatable bonds is 11. The maximum Gasteiger partial charge on any atom is 0.349 e. The summed E-state index contributed by atoms with van der Waals surface area (Å²) in [6.45, 7) is 2.19. The molecule has 1 aliphatic rings. The zero-order valence-electron chi connectivity index (χ0n) is 18.6. The first-order valence-electron chi connectivity index (χ1n) is 10.9. The van der Waals surface area contributed by atoms with Gasteiger partial charge in [-0.05, 0) is 37.0 Å². The molecule has 0 saturated carbocycles. The molecule has 3 N–H and O–H groups in total. The largest absolute Gasteiger partial charge is 0.479 e. The summed E-state index contributed by atoms with van der Waals surface area (Å²) in [5.74, 6) is -2.47. The highest BCUT2D eigenvalue weighted by Gasteiger charge is 2.28. The molecule has 1 aromatic carbocycles. The molecule has 186 valence electrons. The van der Waals surface area contributed by atoms with Crippen LogP contribution in [-0.4, -0.2) is 66.4 Å². The van der Waals surface area contributed by atoms with Crippen LogP contribution < -0.4 is 10.1 Å². The Labute approximate surface area is 207 Å². The second-order valence-electron chi connectivity index (χ2n) is 7.96. The number of aromatic carboxylic acids is 1. The molecule has 1 aromatic heterocycles. The molecule has 3 rings (SSSR count). The van der Waals surface area contributed by atoms with Gasteiger partial charge >= 0.3 is 11.9 Å². The van der Waals surface area contributed by atoms with Gasteiger partial charge in [0.2, 0.25) is 10.0 Å². The van der Waals surface area contributed by atoms with E-state index in [2.05, 4.69) is 5.32 Å². The number of nitrogens with zero attached hydrogens (tertiary/aromatic N) is 1. The number of sulfonamides is 1. The summed E-state index contributed by atoms with van der Waals surface area (Å²) in [5.41, 5.74) is 1.45. The molecule has 9 nitrogen and oxygen atoms in total. The molecular weight excluding hydrogens is 504 g/mol. The van der Waals surface area contributed by atoms with Gasteiger partial charge in [-0.25, -0.2) is 22.3 Å². The van der Waals surface area contributed by atoms with Crippen molar-refractivity contribution < 1.29 is 33.0 Å². The fourth-order valence-corrected chi connectivity index (χ4v) is 6.79. The molecule has 12 heteroatoms. The number of carbonyl (C=O) groups is 2. The first-order valence-corrected chi connectivity index (χ1v) is 13.7. The van der Waals surface area contributed by atoms with Crippen molar-refractivity contribution >= 4 is 50.6 Å². The van der Waals surface area contributed by atoms with Crippen LogP contribution in [0.25, 0.3) is 10.4 Å². The van der Waals surface area contributed by atoms with Gasteiger partial charge in [0, 0.05) is 24.8 Å². The Morgan fingerprint density at radius 2 is 1.97 bits per heavy atom. The molecular formula is C22H27ClN2O7S2. The predicted octanol–water partition coefficient (Wildman–Crippen LogP) is 4.24. The molecule has 34 heavy (non-hydrogen) atoms. The molecule has 0 bridgehead atoms. The third kappa shape index (κ3) is 6.41. The van der Waals surface area contributed by atoms with Gasteiger partial charge in [-0.15, -0.1) is 11.3 Å². The molecule has 0 unspecified atom stereocenters. The monoisotopic (exact) mass is 530 g/mol. The lowest BCUT2D eigenvalue weighted by Gasteiger charge is -2.32. The number of halogens is 1. The molecule has 0 atom stereocenters. The van der Waals surface area contributed by atoms with E-state index in [4.69, 9.17) is 21.4 Å².